The van der Waals surface area contributed by atoms with E-state index in [-0.39, 0.29) is 52.2 Å². The van der Waals surface area contributed by atoms with Gasteiger partial charge >= 0.3 is 29.6 Å². The number of hydrogen-bond donors (Lipinski definition) is 0. The van der Waals surface area contributed by atoms with Crippen LogP contribution in [0.5, 0.6) is 0 Å². The van der Waals surface area contributed by atoms with E-state index in [0.29, 0.717) is 5.39 Å². The Morgan fingerprint density at radius 2 is 1.42 bits per heavy atom. The van der Waals surface area contributed by atoms with E-state index in [4.69, 9.17) is 0 Å². The van der Waals surface area contributed by atoms with Crippen molar-refractivity contribution in [1.82, 2.24) is 0 Å². The molecule has 3 nitrogen and oxygen atoms in total. The SMILES string of the molecule is CC(C)c1cc(S(=O)(=O)[O-])c2cccc(C(C)C)c2c1C(C)C.[Na+]. The van der Waals surface area contributed by atoms with Crippen LogP contribution < -0.4 is 29.6 Å². The van der Waals surface area contributed by atoms with Crippen molar-refractivity contribution in [3.05, 3.63) is 41.0 Å². The van der Waals surface area contributed by atoms with Crippen LogP contribution in [-0.2, 0) is 10.1 Å². The summed E-state index contributed by atoms with van der Waals surface area (Å²) in [6, 6.07) is 7.21. The molecule has 0 aliphatic rings. The minimum atomic E-state index is -4.52. The third-order valence-electron chi connectivity index (χ3n) is 4.32. The van der Waals surface area contributed by atoms with Gasteiger partial charge < -0.3 is 4.55 Å². The van der Waals surface area contributed by atoms with E-state index in [0.717, 1.165) is 22.1 Å². The zero-order valence-electron chi connectivity index (χ0n) is 15.7. The summed E-state index contributed by atoms with van der Waals surface area (Å²) in [7, 11) is -4.52. The van der Waals surface area contributed by atoms with Crippen LogP contribution in [0, 0.1) is 0 Å². The maximum absolute atomic E-state index is 11.8. The van der Waals surface area contributed by atoms with Crippen LogP contribution in [-0.4, -0.2) is 13.0 Å². The molecule has 0 N–H and O–H groups in total. The standard InChI is InChI=1S/C19H26O3S.Na/c1-11(2)14-8-7-9-15-17(23(20,21)22)10-16(12(3)4)18(13(5)6)19(14)15;/h7-13H,1-6H3,(H,20,21,22);/q;+1/p-1. The fourth-order valence-electron chi connectivity index (χ4n) is 3.30. The molecule has 0 bridgehead atoms. The Bertz CT molecular complexity index is 837. The van der Waals surface area contributed by atoms with E-state index in [9.17, 15) is 13.0 Å². The number of benzene rings is 2. The van der Waals surface area contributed by atoms with Crippen molar-refractivity contribution in [2.24, 2.45) is 0 Å². The first-order valence-corrected chi connectivity index (χ1v) is 9.51. The van der Waals surface area contributed by atoms with Gasteiger partial charge in [-0.05, 0) is 51.3 Å². The molecule has 5 heteroatoms. The first-order chi connectivity index (χ1) is 10.6. The molecule has 2 aromatic rings. The fourth-order valence-corrected chi connectivity index (χ4v) is 4.02. The Balaban J connectivity index is 0.00000288. The van der Waals surface area contributed by atoms with Gasteiger partial charge in [0.05, 0.1) is 4.90 Å². The summed E-state index contributed by atoms with van der Waals surface area (Å²) in [5.41, 5.74) is 3.21. The van der Waals surface area contributed by atoms with Gasteiger partial charge in [-0.25, -0.2) is 8.42 Å². The van der Waals surface area contributed by atoms with E-state index in [1.54, 1.807) is 12.1 Å². The van der Waals surface area contributed by atoms with Crippen LogP contribution in [0.15, 0.2) is 29.2 Å². The maximum atomic E-state index is 11.8. The zero-order valence-corrected chi connectivity index (χ0v) is 18.5. The average Bonchev–Trinajstić information content (AvgIpc) is 2.42. The second kappa shape index (κ2) is 7.88. The van der Waals surface area contributed by atoms with Crippen LogP contribution in [0.3, 0.4) is 0 Å². The van der Waals surface area contributed by atoms with Gasteiger partial charge in [0.15, 0.2) is 0 Å². The van der Waals surface area contributed by atoms with Crippen molar-refractivity contribution in [2.45, 2.75) is 64.2 Å². The molecule has 126 valence electrons. The predicted octanol–water partition coefficient (Wildman–Crippen LogP) is 2.12. The summed E-state index contributed by atoms with van der Waals surface area (Å²) in [5, 5.41) is 1.50. The van der Waals surface area contributed by atoms with E-state index >= 15 is 0 Å². The van der Waals surface area contributed by atoms with Crippen molar-refractivity contribution < 1.29 is 42.5 Å². The van der Waals surface area contributed by atoms with Gasteiger partial charge in [-0.15, -0.1) is 0 Å². The predicted molar refractivity (Wildman–Crippen MR) is 94.2 cm³/mol. The number of fused-ring (bicyclic) bond motifs is 1. The van der Waals surface area contributed by atoms with Crippen molar-refractivity contribution in [3.63, 3.8) is 0 Å². The van der Waals surface area contributed by atoms with Crippen molar-refractivity contribution in [2.75, 3.05) is 0 Å². The molecule has 0 fully saturated rings. The van der Waals surface area contributed by atoms with E-state index in [1.807, 2.05) is 26.0 Å². The summed E-state index contributed by atoms with van der Waals surface area (Å²) in [5.74, 6) is 0.650. The first-order valence-electron chi connectivity index (χ1n) is 8.11. The fraction of sp³-hybridized carbons (Fsp3) is 0.474. The molecule has 0 atom stereocenters. The molecule has 0 amide bonds. The minimum absolute atomic E-state index is 0. The molecule has 0 saturated carbocycles. The maximum Gasteiger partial charge on any atom is 1.00 e. The zero-order chi connectivity index (χ0) is 17.5. The van der Waals surface area contributed by atoms with Crippen molar-refractivity contribution in [1.29, 1.82) is 0 Å². The third-order valence-corrected chi connectivity index (χ3v) is 5.20. The quantitative estimate of drug-likeness (QED) is 0.623. The number of rotatable bonds is 4. The summed E-state index contributed by atoms with van der Waals surface area (Å²) in [6.45, 7) is 12.5. The smallest absolute Gasteiger partial charge is 0.744 e. The Labute approximate surface area is 167 Å². The van der Waals surface area contributed by atoms with Crippen molar-refractivity contribution >= 4 is 20.9 Å². The molecule has 0 radical (unpaired) electrons. The topological polar surface area (TPSA) is 57.2 Å². The summed E-state index contributed by atoms with van der Waals surface area (Å²) < 4.78 is 35.5. The van der Waals surface area contributed by atoms with Crippen LogP contribution in [0.1, 0.15) is 76.0 Å². The molecule has 0 spiro atoms. The third kappa shape index (κ3) is 4.05. The van der Waals surface area contributed by atoms with Crippen LogP contribution in [0.4, 0.5) is 0 Å². The first kappa shape index (κ1) is 21.7. The molecule has 2 rings (SSSR count). The van der Waals surface area contributed by atoms with Crippen LogP contribution >= 0.6 is 0 Å². The van der Waals surface area contributed by atoms with E-state index < -0.39 is 10.1 Å². The monoisotopic (exact) mass is 356 g/mol. The largest absolute Gasteiger partial charge is 1.00 e. The second-order valence-electron chi connectivity index (χ2n) is 7.07. The minimum Gasteiger partial charge on any atom is -0.744 e. The van der Waals surface area contributed by atoms with Gasteiger partial charge in [-0.2, -0.15) is 0 Å². The molecular formula is C19H25NaO3S. The molecule has 0 aliphatic carbocycles. The summed E-state index contributed by atoms with van der Waals surface area (Å²) in [4.78, 5) is -0.0944. The molecular weight excluding hydrogens is 331 g/mol. The van der Waals surface area contributed by atoms with Gasteiger partial charge in [0.2, 0.25) is 0 Å². The molecule has 0 saturated heterocycles. The molecule has 2 aromatic carbocycles. The Morgan fingerprint density at radius 1 is 0.875 bits per heavy atom. The average molecular weight is 356 g/mol. The molecule has 0 heterocycles. The summed E-state index contributed by atoms with van der Waals surface area (Å²) >= 11 is 0. The molecule has 0 aliphatic heterocycles. The molecule has 0 aromatic heterocycles. The molecule has 0 unspecified atom stereocenters. The van der Waals surface area contributed by atoms with Gasteiger partial charge in [0.25, 0.3) is 0 Å². The van der Waals surface area contributed by atoms with E-state index in [1.165, 1.54) is 0 Å². The Morgan fingerprint density at radius 3 is 1.83 bits per heavy atom. The Kier molecular flexibility index (Phi) is 7.11. The van der Waals surface area contributed by atoms with Crippen LogP contribution in [0.25, 0.3) is 10.8 Å². The van der Waals surface area contributed by atoms with Gasteiger partial charge in [0.1, 0.15) is 10.1 Å². The van der Waals surface area contributed by atoms with Crippen LogP contribution in [0.2, 0.25) is 0 Å². The van der Waals surface area contributed by atoms with Gasteiger partial charge in [-0.3, -0.25) is 0 Å². The normalized spacial score (nSPS) is 12.2. The Hall–Kier alpha value is -0.390. The van der Waals surface area contributed by atoms with Gasteiger partial charge in [-0.1, -0.05) is 59.7 Å². The molecule has 24 heavy (non-hydrogen) atoms. The van der Waals surface area contributed by atoms with E-state index in [2.05, 4.69) is 27.7 Å². The van der Waals surface area contributed by atoms with Crippen molar-refractivity contribution in [3.8, 4) is 0 Å². The second-order valence-corrected chi connectivity index (χ2v) is 8.41. The van der Waals surface area contributed by atoms with Gasteiger partial charge in [0, 0.05) is 0 Å². The summed E-state index contributed by atoms with van der Waals surface area (Å²) in [6.07, 6.45) is 0. The number of hydrogen-bond acceptors (Lipinski definition) is 3.